The molecule has 0 saturated heterocycles. The van der Waals surface area contributed by atoms with E-state index in [1.807, 2.05) is 73.1 Å². The predicted molar refractivity (Wildman–Crippen MR) is 222 cm³/mol. The molecule has 7 nitrogen and oxygen atoms in total. The third-order valence-corrected chi connectivity index (χ3v) is 12.7. The van der Waals surface area contributed by atoms with Crippen molar-refractivity contribution in [1.29, 1.82) is 10.5 Å². The number of para-hydroxylation sites is 4. The second-order valence-electron chi connectivity index (χ2n) is 14.4. The van der Waals surface area contributed by atoms with Gasteiger partial charge in [-0.2, -0.15) is 10.5 Å². The molecule has 0 bridgehead atoms. The third kappa shape index (κ3) is 4.25. The Balaban J connectivity index is 1.17. The van der Waals surface area contributed by atoms with Crippen LogP contribution in [0, 0.1) is 22.7 Å². The van der Waals surface area contributed by atoms with Crippen molar-refractivity contribution in [3.8, 4) is 40.7 Å². The molecule has 0 amide bonds. The van der Waals surface area contributed by atoms with Gasteiger partial charge in [-0.3, -0.25) is 9.97 Å². The molecule has 264 valence electrons. The maximum Gasteiger partial charge on any atom is 0.132 e. The van der Waals surface area contributed by atoms with Gasteiger partial charge in [0.25, 0.3) is 0 Å². The van der Waals surface area contributed by atoms with Gasteiger partial charge in [0.2, 0.25) is 0 Å². The molecule has 0 N–H and O–H groups in total. The Labute approximate surface area is 331 Å². The normalized spacial score (nSPS) is 13.8. The van der Waals surface area contributed by atoms with Gasteiger partial charge in [-0.15, -0.1) is 0 Å². The molecule has 0 fully saturated rings. The molecule has 2 aliphatic heterocycles. The fourth-order valence-corrected chi connectivity index (χ4v) is 10.3. The zero-order chi connectivity index (χ0) is 37.8. The molecule has 12 rings (SSSR count). The van der Waals surface area contributed by atoms with Crippen LogP contribution in [-0.2, 0) is 5.41 Å². The average Bonchev–Trinajstić information content (AvgIpc) is 3.74. The third-order valence-electron chi connectivity index (χ3n) is 11.6. The van der Waals surface area contributed by atoms with Crippen LogP contribution >= 0.6 is 11.8 Å². The van der Waals surface area contributed by atoms with Gasteiger partial charge >= 0.3 is 0 Å². The number of nitrogens with zero attached hydrogens (tertiary/aromatic N) is 6. The van der Waals surface area contributed by atoms with E-state index in [0.29, 0.717) is 11.1 Å². The van der Waals surface area contributed by atoms with Crippen LogP contribution < -0.4 is 9.64 Å². The van der Waals surface area contributed by atoms with Crippen molar-refractivity contribution in [1.82, 2.24) is 14.5 Å². The lowest BCUT2D eigenvalue weighted by atomic mass is 9.66. The second-order valence-corrected chi connectivity index (χ2v) is 15.5. The SMILES string of the molecule is N#Cc1ccc2c(c1)c1cc(C#N)ccc1n2-c1cnc2c(c1)C1(c3ccccc3Oc3ccccc31)c1cc(N3c4ccccc4Sc4ccccc43)cnc1-2. The number of anilines is 3. The first-order valence-electron chi connectivity index (χ1n) is 18.6. The Morgan fingerprint density at radius 1 is 0.526 bits per heavy atom. The molecule has 3 aliphatic rings. The molecule has 5 heterocycles. The first-order valence-corrected chi connectivity index (χ1v) is 19.4. The Kier molecular flexibility index (Phi) is 6.49. The molecule has 1 aliphatic carbocycles. The van der Waals surface area contributed by atoms with E-state index in [1.165, 1.54) is 9.79 Å². The lowest BCUT2D eigenvalue weighted by Gasteiger charge is -2.39. The van der Waals surface area contributed by atoms with Crippen LogP contribution in [0.5, 0.6) is 11.5 Å². The van der Waals surface area contributed by atoms with Crippen LogP contribution in [0.15, 0.2) is 168 Å². The highest BCUT2D eigenvalue weighted by Crippen LogP contribution is 2.62. The zero-order valence-electron chi connectivity index (χ0n) is 30.0. The highest BCUT2D eigenvalue weighted by atomic mass is 32.2. The minimum atomic E-state index is -0.841. The van der Waals surface area contributed by atoms with Crippen molar-refractivity contribution >= 4 is 50.6 Å². The predicted octanol–water partition coefficient (Wildman–Crippen LogP) is 11.7. The number of fused-ring (bicyclic) bond motifs is 14. The van der Waals surface area contributed by atoms with E-state index in [2.05, 4.69) is 107 Å². The van der Waals surface area contributed by atoms with Gasteiger partial charge in [-0.1, -0.05) is 72.4 Å². The first-order chi connectivity index (χ1) is 28.1. The van der Waals surface area contributed by atoms with Gasteiger partial charge < -0.3 is 14.2 Å². The summed E-state index contributed by atoms with van der Waals surface area (Å²) in [6, 6.07) is 54.2. The summed E-state index contributed by atoms with van der Waals surface area (Å²) in [5, 5.41) is 21.5. The number of benzene rings is 6. The van der Waals surface area contributed by atoms with Crippen LogP contribution in [0.25, 0.3) is 38.9 Å². The van der Waals surface area contributed by atoms with E-state index >= 15 is 0 Å². The van der Waals surface area contributed by atoms with Gasteiger partial charge in [0.1, 0.15) is 11.5 Å². The highest BCUT2D eigenvalue weighted by molar-refractivity contribution is 7.99. The largest absolute Gasteiger partial charge is 0.457 e. The van der Waals surface area contributed by atoms with Gasteiger partial charge in [-0.05, 0) is 84.9 Å². The number of ether oxygens (including phenoxy) is 1. The lowest BCUT2D eigenvalue weighted by Crippen LogP contribution is -2.32. The standard InChI is InChI=1S/C49H26N6OS/c50-25-29-17-19-39-33(21-29)34-22-30(26-51)18-20-40(34)54(39)31-23-37-47(52-27-31)48-38(49(37)35-9-1-5-13-43(35)56-44-14-6-2-10-36(44)49)24-32(28-53-48)55-41-11-3-7-15-45(41)57-46-16-8-4-12-42(46)55/h1-24,27-28H. The van der Waals surface area contributed by atoms with E-state index in [0.717, 1.165) is 89.7 Å². The van der Waals surface area contributed by atoms with Crippen LogP contribution in [0.4, 0.5) is 17.1 Å². The van der Waals surface area contributed by atoms with Crippen LogP contribution in [0.1, 0.15) is 33.4 Å². The molecule has 0 radical (unpaired) electrons. The molecule has 9 aromatic rings. The topological polar surface area (TPSA) is 90.8 Å². The Morgan fingerprint density at radius 2 is 1.02 bits per heavy atom. The molecule has 8 heteroatoms. The fraction of sp³-hybridized carbons (Fsp3) is 0.0204. The number of hydrogen-bond acceptors (Lipinski definition) is 7. The number of nitriles is 2. The van der Waals surface area contributed by atoms with Crippen LogP contribution in [-0.4, -0.2) is 14.5 Å². The number of pyridine rings is 2. The summed E-state index contributed by atoms with van der Waals surface area (Å²) >= 11 is 1.78. The minimum absolute atomic E-state index is 0.556. The smallest absolute Gasteiger partial charge is 0.132 e. The Morgan fingerprint density at radius 3 is 1.58 bits per heavy atom. The quantitative estimate of drug-likeness (QED) is 0.174. The van der Waals surface area contributed by atoms with Crippen molar-refractivity contribution in [2.45, 2.75) is 15.2 Å². The Bertz CT molecular complexity index is 3150. The van der Waals surface area contributed by atoms with Gasteiger partial charge in [0.15, 0.2) is 0 Å². The zero-order valence-corrected chi connectivity index (χ0v) is 30.8. The molecular weight excluding hydrogens is 721 g/mol. The summed E-state index contributed by atoms with van der Waals surface area (Å²) in [7, 11) is 0. The summed E-state index contributed by atoms with van der Waals surface area (Å²) in [6.45, 7) is 0. The molecule has 6 aromatic carbocycles. The van der Waals surface area contributed by atoms with Gasteiger partial charge in [-0.25, -0.2) is 0 Å². The molecule has 1 spiro atoms. The monoisotopic (exact) mass is 746 g/mol. The number of hydrogen-bond donors (Lipinski definition) is 0. The molecule has 0 atom stereocenters. The average molecular weight is 747 g/mol. The molecule has 0 saturated carbocycles. The van der Waals surface area contributed by atoms with E-state index in [4.69, 9.17) is 14.7 Å². The first kappa shape index (κ1) is 31.7. The van der Waals surface area contributed by atoms with Crippen molar-refractivity contribution in [2.24, 2.45) is 0 Å². The van der Waals surface area contributed by atoms with Crippen molar-refractivity contribution in [3.63, 3.8) is 0 Å². The molecular formula is C49H26N6OS. The van der Waals surface area contributed by atoms with E-state index in [-0.39, 0.29) is 0 Å². The summed E-state index contributed by atoms with van der Waals surface area (Å²) in [6.07, 6.45) is 3.89. The van der Waals surface area contributed by atoms with E-state index in [1.54, 1.807) is 11.8 Å². The summed E-state index contributed by atoms with van der Waals surface area (Å²) < 4.78 is 8.87. The van der Waals surface area contributed by atoms with E-state index in [9.17, 15) is 10.5 Å². The van der Waals surface area contributed by atoms with Crippen LogP contribution in [0.2, 0.25) is 0 Å². The molecule has 3 aromatic heterocycles. The summed E-state index contributed by atoms with van der Waals surface area (Å²) in [4.78, 5) is 15.3. The highest BCUT2D eigenvalue weighted by Gasteiger charge is 2.53. The van der Waals surface area contributed by atoms with Gasteiger partial charge in [0, 0.05) is 42.8 Å². The minimum Gasteiger partial charge on any atom is -0.457 e. The summed E-state index contributed by atoms with van der Waals surface area (Å²) in [5.74, 6) is 1.56. The van der Waals surface area contributed by atoms with Crippen LogP contribution in [0.3, 0.4) is 0 Å². The molecule has 57 heavy (non-hydrogen) atoms. The fourth-order valence-electron chi connectivity index (χ4n) is 9.24. The van der Waals surface area contributed by atoms with Crippen molar-refractivity contribution in [2.75, 3.05) is 4.90 Å². The maximum atomic E-state index is 9.85. The Hall–Kier alpha value is -7.65. The number of aromatic nitrogens is 3. The van der Waals surface area contributed by atoms with Crippen molar-refractivity contribution in [3.05, 3.63) is 191 Å². The van der Waals surface area contributed by atoms with E-state index < -0.39 is 5.41 Å². The van der Waals surface area contributed by atoms with Crippen molar-refractivity contribution < 1.29 is 4.74 Å². The summed E-state index contributed by atoms with van der Waals surface area (Å²) in [5.41, 5.74) is 11.8. The molecule has 0 unspecified atom stereocenters. The lowest BCUT2D eigenvalue weighted by molar-refractivity contribution is 0.436. The second kappa shape index (κ2) is 11.7. The van der Waals surface area contributed by atoms with Gasteiger partial charge in [0.05, 0.1) is 86.2 Å². The maximum absolute atomic E-state index is 9.85. The number of rotatable bonds is 2.